The average Bonchev–Trinajstić information content (AvgIpc) is 3.07. The fourth-order valence-electron chi connectivity index (χ4n) is 2.45. The fraction of sp³-hybridized carbons (Fsp3) is 0.111. The summed E-state index contributed by atoms with van der Waals surface area (Å²) in [6, 6.07) is 11.0. The van der Waals surface area contributed by atoms with Crippen molar-refractivity contribution in [3.63, 3.8) is 0 Å². The van der Waals surface area contributed by atoms with Gasteiger partial charge in [-0.25, -0.2) is 8.42 Å². The van der Waals surface area contributed by atoms with E-state index in [4.69, 9.17) is 9.26 Å². The summed E-state index contributed by atoms with van der Waals surface area (Å²) in [6.45, 7) is 1.62. The zero-order valence-corrected chi connectivity index (χ0v) is 17.3. The highest BCUT2D eigenvalue weighted by atomic mass is 79.9. The quantitative estimate of drug-likeness (QED) is 0.572. The van der Waals surface area contributed by atoms with E-state index >= 15 is 0 Å². The molecule has 10 heteroatoms. The summed E-state index contributed by atoms with van der Waals surface area (Å²) in [5.74, 6) is 0.187. The highest BCUT2D eigenvalue weighted by Gasteiger charge is 2.20. The molecule has 28 heavy (non-hydrogen) atoms. The topological polar surface area (TPSA) is 111 Å². The molecule has 0 atom stereocenters. The molecule has 146 valence electrons. The number of methoxy groups -OCH3 is 1. The van der Waals surface area contributed by atoms with Gasteiger partial charge in [0.15, 0.2) is 0 Å². The van der Waals surface area contributed by atoms with Crippen LogP contribution in [-0.4, -0.2) is 26.6 Å². The zero-order chi connectivity index (χ0) is 20.3. The minimum Gasteiger partial charge on any atom is -0.495 e. The van der Waals surface area contributed by atoms with Crippen molar-refractivity contribution in [3.05, 3.63) is 64.5 Å². The number of nitrogens with zero attached hydrogens (tertiary/aromatic N) is 1. The van der Waals surface area contributed by atoms with Crippen LogP contribution in [0.3, 0.4) is 0 Å². The number of ether oxygens (including phenoxy) is 1. The van der Waals surface area contributed by atoms with Gasteiger partial charge in [0.2, 0.25) is 0 Å². The second-order valence-corrected chi connectivity index (χ2v) is 8.30. The predicted molar refractivity (Wildman–Crippen MR) is 107 cm³/mol. The molecule has 2 aromatic carbocycles. The van der Waals surface area contributed by atoms with Crippen LogP contribution < -0.4 is 14.8 Å². The van der Waals surface area contributed by atoms with Crippen LogP contribution in [0.4, 0.5) is 11.4 Å². The van der Waals surface area contributed by atoms with Crippen LogP contribution in [0.15, 0.2) is 62.6 Å². The molecule has 8 nitrogen and oxygen atoms in total. The molecule has 0 radical (unpaired) electrons. The van der Waals surface area contributed by atoms with Crippen LogP contribution >= 0.6 is 15.9 Å². The number of aryl methyl sites for hydroxylation is 1. The summed E-state index contributed by atoms with van der Waals surface area (Å²) < 4.78 is 38.7. The molecule has 0 spiro atoms. The lowest BCUT2D eigenvalue weighted by molar-refractivity contribution is 0.102. The fourth-order valence-corrected chi connectivity index (χ4v) is 4.20. The van der Waals surface area contributed by atoms with E-state index in [1.54, 1.807) is 37.3 Å². The Kier molecular flexibility index (Phi) is 5.71. The van der Waals surface area contributed by atoms with Gasteiger partial charge in [0.25, 0.3) is 15.9 Å². The molecule has 3 aromatic rings. The van der Waals surface area contributed by atoms with Crippen LogP contribution in [-0.2, 0) is 10.0 Å². The number of amides is 1. The summed E-state index contributed by atoms with van der Waals surface area (Å²) in [6.07, 6.45) is 1.32. The third-order valence-electron chi connectivity index (χ3n) is 3.78. The van der Waals surface area contributed by atoms with Gasteiger partial charge in [-0.2, -0.15) is 0 Å². The van der Waals surface area contributed by atoms with Crippen molar-refractivity contribution in [2.75, 3.05) is 17.1 Å². The van der Waals surface area contributed by atoms with Crippen LogP contribution in [0.1, 0.15) is 16.1 Å². The second-order valence-electron chi connectivity index (χ2n) is 5.73. The number of hydrogen-bond donors (Lipinski definition) is 2. The molecule has 3 rings (SSSR count). The van der Waals surface area contributed by atoms with Crippen molar-refractivity contribution in [1.82, 2.24) is 5.16 Å². The summed E-state index contributed by atoms with van der Waals surface area (Å²) >= 11 is 3.26. The van der Waals surface area contributed by atoms with Gasteiger partial charge in [-0.05, 0) is 43.3 Å². The van der Waals surface area contributed by atoms with Crippen LogP contribution in [0.25, 0.3) is 0 Å². The lowest BCUT2D eigenvalue weighted by Gasteiger charge is -2.13. The number of nitrogens with one attached hydrogen (secondary N) is 2. The molecule has 1 aromatic heterocycles. The molecule has 0 saturated carbocycles. The van der Waals surface area contributed by atoms with Gasteiger partial charge in [-0.15, -0.1) is 0 Å². The van der Waals surface area contributed by atoms with Gasteiger partial charge in [-0.1, -0.05) is 27.2 Å². The number of hydrogen-bond acceptors (Lipinski definition) is 6. The lowest BCUT2D eigenvalue weighted by atomic mass is 10.2. The first-order valence-electron chi connectivity index (χ1n) is 7.99. The van der Waals surface area contributed by atoms with Crippen molar-refractivity contribution in [3.8, 4) is 5.75 Å². The Bertz CT molecular complexity index is 1130. The predicted octanol–water partition coefficient (Wildman–Crippen LogP) is 3.81. The average molecular weight is 466 g/mol. The Morgan fingerprint density at radius 3 is 2.61 bits per heavy atom. The van der Waals surface area contributed by atoms with Crippen molar-refractivity contribution >= 4 is 43.2 Å². The van der Waals surface area contributed by atoms with E-state index in [2.05, 4.69) is 31.1 Å². The molecule has 0 bridgehead atoms. The molecule has 0 saturated heterocycles. The largest absolute Gasteiger partial charge is 0.495 e. The maximum Gasteiger partial charge on any atom is 0.265 e. The number of sulfonamides is 1. The van der Waals surface area contributed by atoms with Gasteiger partial charge in [-0.3, -0.25) is 9.52 Å². The third kappa shape index (κ3) is 4.34. The van der Waals surface area contributed by atoms with E-state index in [0.717, 1.165) is 0 Å². The molecular formula is C18H16BrN3O5S. The van der Waals surface area contributed by atoms with Gasteiger partial charge in [0.05, 0.1) is 19.0 Å². The number of rotatable bonds is 6. The Morgan fingerprint density at radius 2 is 1.93 bits per heavy atom. The highest BCUT2D eigenvalue weighted by molar-refractivity contribution is 9.10. The van der Waals surface area contributed by atoms with Crippen LogP contribution in [0.2, 0.25) is 0 Å². The Morgan fingerprint density at radius 1 is 1.18 bits per heavy atom. The Balaban J connectivity index is 1.84. The molecule has 0 aliphatic rings. The van der Waals surface area contributed by atoms with E-state index < -0.39 is 15.9 Å². The summed E-state index contributed by atoms with van der Waals surface area (Å²) in [5.41, 5.74) is 0.985. The standard InChI is InChI=1S/C18H16BrN3O5S/c1-11-15(10-20-27-11)18(23)21-13-4-3-5-14(9-13)22-28(24,25)17-8-12(19)6-7-16(17)26-2/h3-10,22H,1-2H3,(H,21,23). The van der Waals surface area contributed by atoms with Crippen molar-refractivity contribution in [2.24, 2.45) is 0 Å². The van der Waals surface area contributed by atoms with E-state index in [9.17, 15) is 13.2 Å². The van der Waals surface area contributed by atoms with Gasteiger partial charge in [0, 0.05) is 10.2 Å². The number of aromatic nitrogens is 1. The number of carbonyl (C=O) groups excluding carboxylic acids is 1. The normalized spacial score (nSPS) is 11.1. The molecule has 0 aliphatic carbocycles. The van der Waals surface area contributed by atoms with Gasteiger partial charge in [0.1, 0.15) is 22.0 Å². The van der Waals surface area contributed by atoms with Gasteiger partial charge < -0.3 is 14.6 Å². The molecule has 1 heterocycles. The van der Waals surface area contributed by atoms with E-state index in [0.29, 0.717) is 21.5 Å². The first-order valence-corrected chi connectivity index (χ1v) is 10.3. The molecule has 0 fully saturated rings. The second kappa shape index (κ2) is 8.03. The Labute approximate surface area is 170 Å². The molecule has 0 aliphatic heterocycles. The smallest absolute Gasteiger partial charge is 0.265 e. The molecule has 2 N–H and O–H groups in total. The summed E-state index contributed by atoms with van der Waals surface area (Å²) in [5, 5.41) is 6.24. The molecule has 0 unspecified atom stereocenters. The monoisotopic (exact) mass is 465 g/mol. The van der Waals surface area contributed by atoms with E-state index in [1.807, 2.05) is 0 Å². The summed E-state index contributed by atoms with van der Waals surface area (Å²) in [4.78, 5) is 12.2. The van der Waals surface area contributed by atoms with Gasteiger partial charge >= 0.3 is 0 Å². The van der Waals surface area contributed by atoms with Crippen LogP contribution in [0, 0.1) is 6.92 Å². The maximum atomic E-state index is 12.8. The lowest BCUT2D eigenvalue weighted by Crippen LogP contribution is -2.15. The first-order chi connectivity index (χ1) is 13.3. The minimum absolute atomic E-state index is 0.0149. The zero-order valence-electron chi connectivity index (χ0n) is 14.9. The minimum atomic E-state index is -3.92. The van der Waals surface area contributed by atoms with E-state index in [-0.39, 0.29) is 16.3 Å². The molecular weight excluding hydrogens is 450 g/mol. The third-order valence-corrected chi connectivity index (χ3v) is 5.68. The number of halogens is 1. The first kappa shape index (κ1) is 19.9. The van der Waals surface area contributed by atoms with Crippen molar-refractivity contribution < 1.29 is 22.5 Å². The number of carbonyl (C=O) groups is 1. The number of anilines is 2. The maximum absolute atomic E-state index is 12.8. The number of benzene rings is 2. The van der Waals surface area contributed by atoms with Crippen LogP contribution in [0.5, 0.6) is 5.75 Å². The summed E-state index contributed by atoms with van der Waals surface area (Å²) in [7, 11) is -2.52. The van der Waals surface area contributed by atoms with Crippen molar-refractivity contribution in [2.45, 2.75) is 11.8 Å². The molecule has 1 amide bonds. The SMILES string of the molecule is COc1ccc(Br)cc1S(=O)(=O)Nc1cccc(NC(=O)c2cnoc2C)c1. The highest BCUT2D eigenvalue weighted by Crippen LogP contribution is 2.29. The Hall–Kier alpha value is -2.85. The van der Waals surface area contributed by atoms with E-state index in [1.165, 1.54) is 25.4 Å². The van der Waals surface area contributed by atoms with Crippen molar-refractivity contribution in [1.29, 1.82) is 0 Å².